The van der Waals surface area contributed by atoms with Crippen molar-refractivity contribution in [3.63, 3.8) is 0 Å². The van der Waals surface area contributed by atoms with Gasteiger partial charge in [-0.15, -0.1) is 0 Å². The molecule has 5 heteroatoms. The summed E-state index contributed by atoms with van der Waals surface area (Å²) in [7, 11) is 0. The molecular weight excluding hydrogens is 188 g/mol. The number of hydrogen-bond donors (Lipinski definition) is 1. The number of imide groups is 1. The summed E-state index contributed by atoms with van der Waals surface area (Å²) in [6.07, 6.45) is 2.89. The van der Waals surface area contributed by atoms with Crippen molar-refractivity contribution in [2.75, 3.05) is 18.6 Å². The molecule has 1 aliphatic rings. The average molecular weight is 202 g/mol. The molecule has 0 bridgehead atoms. The van der Waals surface area contributed by atoms with Crippen LogP contribution in [0.5, 0.6) is 0 Å². The van der Waals surface area contributed by atoms with E-state index in [0.29, 0.717) is 0 Å². The molecule has 74 valence electrons. The van der Waals surface area contributed by atoms with Gasteiger partial charge in [0.25, 0.3) is 0 Å². The van der Waals surface area contributed by atoms with Crippen LogP contribution in [0.4, 0.5) is 4.79 Å². The van der Waals surface area contributed by atoms with E-state index in [1.807, 2.05) is 13.2 Å². The first-order valence-electron chi connectivity index (χ1n) is 4.28. The van der Waals surface area contributed by atoms with Crippen molar-refractivity contribution in [3.05, 3.63) is 0 Å². The van der Waals surface area contributed by atoms with Crippen LogP contribution in [-0.4, -0.2) is 41.4 Å². The Labute approximate surface area is 82.0 Å². The molecule has 0 aliphatic carbocycles. The van der Waals surface area contributed by atoms with Gasteiger partial charge in [-0.05, 0) is 12.7 Å². The molecular formula is C8H14N2O2S. The van der Waals surface area contributed by atoms with Gasteiger partial charge in [0.15, 0.2) is 0 Å². The molecule has 1 aliphatic heterocycles. The van der Waals surface area contributed by atoms with E-state index >= 15 is 0 Å². The van der Waals surface area contributed by atoms with Crippen molar-refractivity contribution < 1.29 is 9.59 Å². The first kappa shape index (κ1) is 10.4. The highest BCUT2D eigenvalue weighted by Crippen LogP contribution is 2.12. The summed E-state index contributed by atoms with van der Waals surface area (Å²) in [5.41, 5.74) is 0. The van der Waals surface area contributed by atoms with Gasteiger partial charge in [-0.1, -0.05) is 6.92 Å². The normalized spacial score (nSPS) is 19.1. The Morgan fingerprint density at radius 1 is 1.62 bits per heavy atom. The molecule has 0 aromatic rings. The maximum atomic E-state index is 11.2. The van der Waals surface area contributed by atoms with E-state index in [9.17, 15) is 9.59 Å². The summed E-state index contributed by atoms with van der Waals surface area (Å²) < 4.78 is 0. The van der Waals surface area contributed by atoms with E-state index in [0.717, 1.165) is 12.2 Å². The number of hydrogen-bond acceptors (Lipinski definition) is 3. The minimum Gasteiger partial charge on any atom is -0.311 e. The highest BCUT2D eigenvalue weighted by molar-refractivity contribution is 7.98. The van der Waals surface area contributed by atoms with Crippen LogP contribution in [0.3, 0.4) is 0 Å². The van der Waals surface area contributed by atoms with Gasteiger partial charge in [0, 0.05) is 11.8 Å². The first-order valence-corrected chi connectivity index (χ1v) is 5.67. The molecule has 0 radical (unpaired) electrons. The zero-order valence-corrected chi connectivity index (χ0v) is 8.69. The number of thioether (sulfide) groups is 1. The topological polar surface area (TPSA) is 49.4 Å². The van der Waals surface area contributed by atoms with Crippen LogP contribution in [0.1, 0.15) is 13.3 Å². The summed E-state index contributed by atoms with van der Waals surface area (Å²) in [4.78, 5) is 23.8. The van der Waals surface area contributed by atoms with Crippen LogP contribution >= 0.6 is 11.8 Å². The zero-order valence-electron chi connectivity index (χ0n) is 7.87. The van der Waals surface area contributed by atoms with E-state index in [1.54, 1.807) is 16.7 Å². The molecule has 1 fully saturated rings. The van der Waals surface area contributed by atoms with Crippen molar-refractivity contribution in [2.24, 2.45) is 0 Å². The summed E-state index contributed by atoms with van der Waals surface area (Å²) in [6, 6.07) is -0.0626. The first-order chi connectivity index (χ1) is 6.19. The lowest BCUT2D eigenvalue weighted by molar-refractivity contribution is -0.118. The zero-order chi connectivity index (χ0) is 9.84. The Bertz CT molecular complexity index is 220. The number of nitrogens with zero attached hydrogens (tertiary/aromatic N) is 1. The minimum absolute atomic E-state index is 0.182. The predicted octanol–water partition coefficient (Wildman–Crippen LogP) is 0.680. The third kappa shape index (κ3) is 2.37. The van der Waals surface area contributed by atoms with Crippen molar-refractivity contribution in [1.29, 1.82) is 0 Å². The molecule has 3 amide bonds. The number of nitrogens with one attached hydrogen (secondary N) is 1. The molecule has 1 atom stereocenters. The van der Waals surface area contributed by atoms with E-state index in [2.05, 4.69) is 5.32 Å². The lowest BCUT2D eigenvalue weighted by Crippen LogP contribution is -2.39. The lowest BCUT2D eigenvalue weighted by Gasteiger charge is -2.23. The van der Waals surface area contributed by atoms with E-state index < -0.39 is 0 Å². The summed E-state index contributed by atoms with van der Waals surface area (Å²) >= 11 is 1.69. The molecule has 1 heterocycles. The number of urea groups is 1. The van der Waals surface area contributed by atoms with Gasteiger partial charge in [-0.3, -0.25) is 10.1 Å². The molecule has 0 aromatic carbocycles. The Hall–Kier alpha value is -0.710. The molecule has 1 N–H and O–H groups in total. The van der Waals surface area contributed by atoms with Crippen molar-refractivity contribution in [1.82, 2.24) is 10.2 Å². The maximum Gasteiger partial charge on any atom is 0.324 e. The highest BCUT2D eigenvalue weighted by Gasteiger charge is 2.31. The van der Waals surface area contributed by atoms with Crippen LogP contribution in [0.2, 0.25) is 0 Å². The second-order valence-corrected chi connectivity index (χ2v) is 3.91. The Morgan fingerprint density at radius 2 is 2.31 bits per heavy atom. The van der Waals surface area contributed by atoms with Crippen molar-refractivity contribution in [3.8, 4) is 0 Å². The van der Waals surface area contributed by atoms with Crippen LogP contribution in [0.25, 0.3) is 0 Å². The smallest absolute Gasteiger partial charge is 0.311 e. The average Bonchev–Trinajstić information content (AvgIpc) is 2.41. The summed E-state index contributed by atoms with van der Waals surface area (Å²) in [6.45, 7) is 2.24. The second kappa shape index (κ2) is 4.50. The van der Waals surface area contributed by atoms with Crippen LogP contribution in [0, 0.1) is 0 Å². The fourth-order valence-electron chi connectivity index (χ4n) is 1.37. The van der Waals surface area contributed by atoms with Gasteiger partial charge in [0.05, 0.1) is 0 Å². The van der Waals surface area contributed by atoms with Crippen molar-refractivity contribution in [2.45, 2.75) is 19.4 Å². The Balaban J connectivity index is 2.58. The molecule has 0 spiro atoms. The Kier molecular flexibility index (Phi) is 3.59. The number of carbonyl (C=O) groups is 2. The van der Waals surface area contributed by atoms with Crippen LogP contribution in [-0.2, 0) is 4.79 Å². The van der Waals surface area contributed by atoms with Gasteiger partial charge in [-0.25, -0.2) is 4.79 Å². The molecule has 13 heavy (non-hydrogen) atoms. The molecule has 1 saturated heterocycles. The largest absolute Gasteiger partial charge is 0.324 e. The van der Waals surface area contributed by atoms with Crippen LogP contribution in [0.15, 0.2) is 0 Å². The van der Waals surface area contributed by atoms with Crippen molar-refractivity contribution >= 4 is 23.7 Å². The van der Waals surface area contributed by atoms with Gasteiger partial charge in [0.1, 0.15) is 6.54 Å². The maximum absolute atomic E-state index is 11.2. The van der Waals surface area contributed by atoms with Gasteiger partial charge in [-0.2, -0.15) is 11.8 Å². The highest BCUT2D eigenvalue weighted by atomic mass is 32.2. The SMILES string of the molecule is CCC(CSC)N1CC(=O)NC1=O. The van der Waals surface area contributed by atoms with E-state index in [-0.39, 0.29) is 24.5 Å². The number of carbonyl (C=O) groups excluding carboxylic acids is 2. The van der Waals surface area contributed by atoms with Gasteiger partial charge >= 0.3 is 6.03 Å². The Morgan fingerprint density at radius 3 is 2.69 bits per heavy atom. The summed E-state index contributed by atoms with van der Waals surface area (Å²) in [5, 5.41) is 2.28. The lowest BCUT2D eigenvalue weighted by atomic mass is 10.2. The quantitative estimate of drug-likeness (QED) is 0.682. The standard InChI is InChI=1S/C8H14N2O2S/c1-3-6(5-13-2)10-4-7(11)9-8(10)12/h6H,3-5H2,1-2H3,(H,9,11,12). The second-order valence-electron chi connectivity index (χ2n) is 3.00. The third-order valence-corrected chi connectivity index (χ3v) is 2.81. The van der Waals surface area contributed by atoms with Crippen LogP contribution < -0.4 is 5.32 Å². The molecule has 1 rings (SSSR count). The monoisotopic (exact) mass is 202 g/mol. The van der Waals surface area contributed by atoms with Gasteiger partial charge < -0.3 is 4.90 Å². The van der Waals surface area contributed by atoms with E-state index in [1.165, 1.54) is 0 Å². The molecule has 0 aromatic heterocycles. The van der Waals surface area contributed by atoms with E-state index in [4.69, 9.17) is 0 Å². The molecule has 4 nitrogen and oxygen atoms in total. The minimum atomic E-state index is -0.245. The number of amides is 3. The van der Waals surface area contributed by atoms with Gasteiger partial charge in [0.2, 0.25) is 5.91 Å². The molecule has 1 unspecified atom stereocenters. The fraction of sp³-hybridized carbons (Fsp3) is 0.750. The molecule has 0 saturated carbocycles. The predicted molar refractivity (Wildman–Crippen MR) is 52.7 cm³/mol. The number of rotatable bonds is 4. The third-order valence-electron chi connectivity index (χ3n) is 2.09. The summed E-state index contributed by atoms with van der Waals surface area (Å²) in [5.74, 6) is 0.696. The fourth-order valence-corrected chi connectivity index (χ4v) is 2.17.